The van der Waals surface area contributed by atoms with Crippen LogP contribution in [-0.2, 0) is 0 Å². The summed E-state index contributed by atoms with van der Waals surface area (Å²) in [6, 6.07) is 10.1. The second kappa shape index (κ2) is 4.60. The summed E-state index contributed by atoms with van der Waals surface area (Å²) in [6.45, 7) is 6.71. The average Bonchev–Trinajstić information content (AvgIpc) is 2.75. The molecule has 0 aliphatic carbocycles. The fraction of sp³-hybridized carbons (Fsp3) is 0.214. The van der Waals surface area contributed by atoms with Crippen LogP contribution >= 0.6 is 0 Å². The first-order valence-electron chi connectivity index (χ1n) is 5.68. The van der Waals surface area contributed by atoms with E-state index in [1.807, 2.05) is 47.4 Å². The van der Waals surface area contributed by atoms with Gasteiger partial charge in [0, 0.05) is 6.20 Å². The normalized spacial score (nSPS) is 10.8. The first-order valence-corrected chi connectivity index (χ1v) is 9.18. The van der Waals surface area contributed by atoms with Gasteiger partial charge in [-0.25, -0.2) is 4.68 Å². The van der Waals surface area contributed by atoms with Crippen molar-refractivity contribution in [1.29, 1.82) is 0 Å². The maximum Gasteiger partial charge on any atom is 0.129 e. The fourth-order valence-electron chi connectivity index (χ4n) is 1.37. The number of aromatic nitrogens is 2. The number of para-hydroxylation sites is 1. The lowest BCUT2D eigenvalue weighted by atomic mass is 10.3. The van der Waals surface area contributed by atoms with Crippen LogP contribution < -0.4 is 0 Å². The molecule has 0 spiro atoms. The zero-order chi connectivity index (χ0) is 12.3. The molecule has 0 radical (unpaired) electrons. The molecule has 0 N–H and O–H groups in total. The van der Waals surface area contributed by atoms with Gasteiger partial charge in [0.1, 0.15) is 8.07 Å². The summed E-state index contributed by atoms with van der Waals surface area (Å²) < 4.78 is 1.86. The largest absolute Gasteiger partial charge is 0.240 e. The Labute approximate surface area is 103 Å². The van der Waals surface area contributed by atoms with Crippen LogP contribution in [0.25, 0.3) is 5.69 Å². The van der Waals surface area contributed by atoms with Crippen LogP contribution in [0.2, 0.25) is 19.6 Å². The Morgan fingerprint density at radius 3 is 2.47 bits per heavy atom. The highest BCUT2D eigenvalue weighted by molar-refractivity contribution is 6.83. The minimum absolute atomic E-state index is 0.983. The van der Waals surface area contributed by atoms with Crippen LogP contribution in [0, 0.1) is 11.5 Å². The molecule has 0 atom stereocenters. The first kappa shape index (κ1) is 11.7. The van der Waals surface area contributed by atoms with Crippen LogP contribution in [0.5, 0.6) is 0 Å². The maximum atomic E-state index is 4.32. The summed E-state index contributed by atoms with van der Waals surface area (Å²) in [7, 11) is -1.31. The lowest BCUT2D eigenvalue weighted by molar-refractivity contribution is 0.880. The highest BCUT2D eigenvalue weighted by Gasteiger charge is 2.07. The van der Waals surface area contributed by atoms with Gasteiger partial charge in [0.05, 0.1) is 17.4 Å². The zero-order valence-corrected chi connectivity index (χ0v) is 11.4. The van der Waals surface area contributed by atoms with E-state index in [0.717, 1.165) is 11.3 Å². The first-order chi connectivity index (χ1) is 8.04. The van der Waals surface area contributed by atoms with Gasteiger partial charge in [0.25, 0.3) is 0 Å². The van der Waals surface area contributed by atoms with Crippen molar-refractivity contribution in [1.82, 2.24) is 9.78 Å². The van der Waals surface area contributed by atoms with E-state index in [0.29, 0.717) is 0 Å². The molecule has 0 fully saturated rings. The Morgan fingerprint density at radius 1 is 1.12 bits per heavy atom. The predicted octanol–water partition coefficient (Wildman–Crippen LogP) is 3.10. The molecule has 86 valence electrons. The summed E-state index contributed by atoms with van der Waals surface area (Å²) >= 11 is 0. The van der Waals surface area contributed by atoms with Crippen molar-refractivity contribution in [3.63, 3.8) is 0 Å². The quantitative estimate of drug-likeness (QED) is 0.553. The fourth-order valence-corrected chi connectivity index (χ4v) is 1.89. The molecule has 1 aromatic carbocycles. The van der Waals surface area contributed by atoms with Gasteiger partial charge in [-0.2, -0.15) is 5.10 Å². The third kappa shape index (κ3) is 3.33. The number of nitrogens with zero attached hydrogens (tertiary/aromatic N) is 2. The molecule has 0 saturated heterocycles. The molecule has 0 bridgehead atoms. The van der Waals surface area contributed by atoms with Crippen molar-refractivity contribution in [2.75, 3.05) is 0 Å². The van der Waals surface area contributed by atoms with Gasteiger partial charge < -0.3 is 0 Å². The van der Waals surface area contributed by atoms with Gasteiger partial charge in [-0.1, -0.05) is 43.8 Å². The van der Waals surface area contributed by atoms with Gasteiger partial charge in [0.2, 0.25) is 0 Å². The van der Waals surface area contributed by atoms with E-state index in [2.05, 4.69) is 36.2 Å². The maximum absolute atomic E-state index is 4.32. The third-order valence-corrected chi connectivity index (χ3v) is 3.06. The van der Waals surface area contributed by atoms with Gasteiger partial charge >= 0.3 is 0 Å². The molecule has 2 aromatic rings. The topological polar surface area (TPSA) is 17.8 Å². The molecule has 1 heterocycles. The Hall–Kier alpha value is -1.79. The predicted molar refractivity (Wildman–Crippen MR) is 73.8 cm³/mol. The molecule has 2 rings (SSSR count). The van der Waals surface area contributed by atoms with Crippen LogP contribution in [-0.4, -0.2) is 17.9 Å². The van der Waals surface area contributed by atoms with E-state index in [4.69, 9.17) is 0 Å². The van der Waals surface area contributed by atoms with Crippen molar-refractivity contribution in [2.45, 2.75) is 19.6 Å². The van der Waals surface area contributed by atoms with Gasteiger partial charge in [-0.05, 0) is 12.1 Å². The van der Waals surface area contributed by atoms with Crippen molar-refractivity contribution in [3.8, 4) is 17.2 Å². The second-order valence-electron chi connectivity index (χ2n) is 5.01. The van der Waals surface area contributed by atoms with E-state index in [-0.39, 0.29) is 0 Å². The van der Waals surface area contributed by atoms with Crippen molar-refractivity contribution < 1.29 is 0 Å². The van der Waals surface area contributed by atoms with Gasteiger partial charge in [0.15, 0.2) is 0 Å². The van der Waals surface area contributed by atoms with E-state index in [1.165, 1.54) is 0 Å². The molecular formula is C14H16N2Si. The van der Waals surface area contributed by atoms with E-state index >= 15 is 0 Å². The number of hydrogen-bond donors (Lipinski definition) is 0. The van der Waals surface area contributed by atoms with Gasteiger partial charge in [-0.3, -0.25) is 0 Å². The molecular weight excluding hydrogens is 224 g/mol. The molecule has 2 nitrogen and oxygen atoms in total. The minimum Gasteiger partial charge on any atom is -0.240 e. The number of hydrogen-bond acceptors (Lipinski definition) is 1. The molecule has 0 aliphatic rings. The summed E-state index contributed by atoms with van der Waals surface area (Å²) in [4.78, 5) is 0. The monoisotopic (exact) mass is 240 g/mol. The lowest BCUT2D eigenvalue weighted by Crippen LogP contribution is -2.16. The van der Waals surface area contributed by atoms with E-state index in [9.17, 15) is 0 Å². The highest BCUT2D eigenvalue weighted by atomic mass is 28.3. The number of benzene rings is 1. The highest BCUT2D eigenvalue weighted by Crippen LogP contribution is 2.07. The second-order valence-corrected chi connectivity index (χ2v) is 9.76. The standard InChI is InChI=1S/C14H16N2Si/c1-17(2,3)10-9-13-11-15-16(12-13)14-7-5-4-6-8-14/h4-8,11-12H,1-3H3. The Kier molecular flexibility index (Phi) is 3.16. The molecule has 0 aliphatic heterocycles. The minimum atomic E-state index is -1.31. The summed E-state index contributed by atoms with van der Waals surface area (Å²) in [5, 5.41) is 4.32. The molecule has 3 heteroatoms. The van der Waals surface area contributed by atoms with Crippen molar-refractivity contribution in [3.05, 3.63) is 48.3 Å². The summed E-state index contributed by atoms with van der Waals surface area (Å²) in [6.07, 6.45) is 3.79. The molecule has 1 aromatic heterocycles. The molecule has 0 amide bonds. The van der Waals surface area contributed by atoms with E-state index in [1.54, 1.807) is 0 Å². The van der Waals surface area contributed by atoms with Crippen LogP contribution in [0.3, 0.4) is 0 Å². The van der Waals surface area contributed by atoms with Gasteiger partial charge in [-0.15, -0.1) is 5.54 Å². The molecule has 0 unspecified atom stereocenters. The average molecular weight is 240 g/mol. The molecule has 0 saturated carbocycles. The van der Waals surface area contributed by atoms with Crippen LogP contribution in [0.15, 0.2) is 42.7 Å². The third-order valence-electron chi connectivity index (χ3n) is 2.19. The van der Waals surface area contributed by atoms with E-state index < -0.39 is 8.07 Å². The van der Waals surface area contributed by atoms with Crippen molar-refractivity contribution in [2.24, 2.45) is 0 Å². The zero-order valence-electron chi connectivity index (χ0n) is 10.4. The summed E-state index contributed by atoms with van der Waals surface area (Å²) in [5.74, 6) is 3.20. The van der Waals surface area contributed by atoms with Crippen LogP contribution in [0.1, 0.15) is 5.56 Å². The van der Waals surface area contributed by atoms with Crippen molar-refractivity contribution >= 4 is 8.07 Å². The SMILES string of the molecule is C[Si](C)(C)C#Cc1cnn(-c2ccccc2)c1. The number of rotatable bonds is 1. The Morgan fingerprint density at radius 2 is 1.82 bits per heavy atom. The molecule has 17 heavy (non-hydrogen) atoms. The lowest BCUT2D eigenvalue weighted by Gasteiger charge is -2.02. The summed E-state index contributed by atoms with van der Waals surface area (Å²) in [5.41, 5.74) is 5.38. The Balaban J connectivity index is 2.25. The van der Waals surface area contributed by atoms with Crippen LogP contribution in [0.4, 0.5) is 0 Å². The Bertz CT molecular complexity index is 553. The smallest absolute Gasteiger partial charge is 0.129 e.